The number of carbonyl (C=O) groups is 1. The summed E-state index contributed by atoms with van der Waals surface area (Å²) in [5.41, 5.74) is 13.5. The first-order chi connectivity index (χ1) is 15.6. The molecule has 4 aromatic heterocycles. The van der Waals surface area contributed by atoms with Gasteiger partial charge >= 0.3 is 5.88 Å². The molecule has 0 radical (unpaired) electrons. The number of anilines is 3. The van der Waals surface area contributed by atoms with Crippen LogP contribution in [0.4, 0.5) is 17.4 Å². The Morgan fingerprint density at radius 1 is 1.34 bits per heavy atom. The van der Waals surface area contributed by atoms with E-state index in [1.807, 2.05) is 22.5 Å². The lowest BCUT2D eigenvalue weighted by Gasteiger charge is -2.18. The van der Waals surface area contributed by atoms with Crippen LogP contribution in [0.15, 0.2) is 28.2 Å². The molecular weight excluding hydrogens is 452 g/mol. The molecule has 32 heavy (non-hydrogen) atoms. The molecule has 5 heterocycles. The maximum Gasteiger partial charge on any atom is 0.306 e. The highest BCUT2D eigenvalue weighted by Crippen LogP contribution is 2.43. The van der Waals surface area contributed by atoms with Crippen molar-refractivity contribution in [1.29, 1.82) is 5.26 Å². The molecular formula is C19H17N8O3S2+. The van der Waals surface area contributed by atoms with E-state index in [1.165, 1.54) is 16.1 Å². The number of pyridine rings is 1. The summed E-state index contributed by atoms with van der Waals surface area (Å²) in [5, 5.41) is 20.6. The summed E-state index contributed by atoms with van der Waals surface area (Å²) < 4.78 is 10.6. The standard InChI is InChI=1S/C19H16N8O3S2/c20-8-10-13(11-2-1-7-31-11)14-15(21)16(32-19(14)24-17(10)22)18(28)23-12-9-27(25-30-12)26-3-5-29-6-4-26/h1-2,7,9H,3-6H2,(H4-,21,22,23,24,25,28)/p+1. The average Bonchev–Trinajstić information content (AvgIpc) is 3.54. The molecule has 162 valence electrons. The lowest BCUT2D eigenvalue weighted by atomic mass is 10.0. The van der Waals surface area contributed by atoms with Crippen LogP contribution >= 0.6 is 22.7 Å². The van der Waals surface area contributed by atoms with Crippen molar-refractivity contribution in [2.24, 2.45) is 0 Å². The first-order valence-corrected chi connectivity index (χ1v) is 11.2. The summed E-state index contributed by atoms with van der Waals surface area (Å²) in [5.74, 6) is -0.203. The minimum atomic E-state index is -0.468. The van der Waals surface area contributed by atoms with E-state index in [9.17, 15) is 10.1 Å². The lowest BCUT2D eigenvalue weighted by Crippen LogP contribution is -2.62. The highest BCUT2D eigenvalue weighted by Gasteiger charge is 2.27. The normalized spacial score (nSPS) is 13.9. The van der Waals surface area contributed by atoms with Crippen molar-refractivity contribution in [2.45, 2.75) is 0 Å². The van der Waals surface area contributed by atoms with Crippen molar-refractivity contribution in [3.63, 3.8) is 0 Å². The van der Waals surface area contributed by atoms with Crippen molar-refractivity contribution < 1.29 is 18.8 Å². The van der Waals surface area contributed by atoms with Gasteiger partial charge in [-0.25, -0.2) is 4.98 Å². The van der Waals surface area contributed by atoms with Crippen LogP contribution in [0.25, 0.3) is 20.7 Å². The summed E-state index contributed by atoms with van der Waals surface area (Å²) in [6.07, 6.45) is 1.58. The molecule has 5 rings (SSSR count). The highest BCUT2D eigenvalue weighted by atomic mass is 32.1. The van der Waals surface area contributed by atoms with E-state index in [4.69, 9.17) is 20.7 Å². The van der Waals surface area contributed by atoms with Crippen LogP contribution < -0.4 is 26.6 Å². The van der Waals surface area contributed by atoms with Gasteiger partial charge in [0.05, 0.1) is 36.8 Å². The minimum Gasteiger partial charge on any atom is -0.397 e. The van der Waals surface area contributed by atoms with Crippen LogP contribution in [0.1, 0.15) is 15.2 Å². The monoisotopic (exact) mass is 469 g/mol. The third-order valence-corrected chi connectivity index (χ3v) is 6.95. The SMILES string of the molecule is N#Cc1c(N)nc2sc(C(=O)Nc3c[n+](N4CCOCC4)no3)c(N)c2c1-c1cccs1. The van der Waals surface area contributed by atoms with Gasteiger partial charge in [-0.3, -0.25) is 14.6 Å². The lowest BCUT2D eigenvalue weighted by molar-refractivity contribution is -0.759. The minimum absolute atomic E-state index is 0.0957. The van der Waals surface area contributed by atoms with Gasteiger partial charge in [0.15, 0.2) is 0 Å². The van der Waals surface area contributed by atoms with Crippen molar-refractivity contribution in [3.8, 4) is 16.5 Å². The summed E-state index contributed by atoms with van der Waals surface area (Å²) in [6, 6.07) is 5.85. The highest BCUT2D eigenvalue weighted by molar-refractivity contribution is 7.21. The molecule has 1 saturated heterocycles. The molecule has 5 N–H and O–H groups in total. The molecule has 1 aliphatic heterocycles. The van der Waals surface area contributed by atoms with Crippen LogP contribution in [0, 0.1) is 11.3 Å². The molecule has 0 aromatic carbocycles. The summed E-state index contributed by atoms with van der Waals surface area (Å²) >= 11 is 2.55. The fourth-order valence-corrected chi connectivity index (χ4v) is 5.26. The number of nitrogens with zero attached hydrogens (tertiary/aromatic N) is 5. The quantitative estimate of drug-likeness (QED) is 0.377. The number of fused-ring (bicyclic) bond motifs is 1. The molecule has 11 nitrogen and oxygen atoms in total. The summed E-state index contributed by atoms with van der Waals surface area (Å²) in [6.45, 7) is 2.50. The van der Waals surface area contributed by atoms with Crippen LogP contribution in [0.2, 0.25) is 0 Å². The number of hydrogen-bond donors (Lipinski definition) is 3. The van der Waals surface area contributed by atoms with Crippen molar-refractivity contribution in [3.05, 3.63) is 34.2 Å². The first kappa shape index (κ1) is 20.2. The average molecular weight is 470 g/mol. The fourth-order valence-electron chi connectivity index (χ4n) is 3.47. The summed E-state index contributed by atoms with van der Waals surface area (Å²) in [4.78, 5) is 20.4. The van der Waals surface area contributed by atoms with Crippen molar-refractivity contribution in [1.82, 2.24) is 10.3 Å². The predicted octanol–water partition coefficient (Wildman–Crippen LogP) is 1.56. The van der Waals surface area contributed by atoms with E-state index in [2.05, 4.69) is 21.6 Å². The predicted molar refractivity (Wildman–Crippen MR) is 120 cm³/mol. The molecule has 0 atom stereocenters. The molecule has 4 aromatic rings. The second-order valence-corrected chi connectivity index (χ2v) is 8.81. The smallest absolute Gasteiger partial charge is 0.306 e. The molecule has 0 saturated carbocycles. The zero-order valence-electron chi connectivity index (χ0n) is 16.6. The number of hydrogen-bond acceptors (Lipinski definition) is 11. The first-order valence-electron chi connectivity index (χ1n) is 9.55. The zero-order chi connectivity index (χ0) is 22.2. The number of nitrogens with one attached hydrogen (secondary N) is 1. The van der Waals surface area contributed by atoms with Gasteiger partial charge in [-0.1, -0.05) is 6.07 Å². The number of ether oxygens (including phenoxy) is 1. The Morgan fingerprint density at radius 2 is 2.16 bits per heavy atom. The zero-order valence-corrected chi connectivity index (χ0v) is 18.2. The van der Waals surface area contributed by atoms with Gasteiger partial charge < -0.3 is 16.2 Å². The van der Waals surface area contributed by atoms with E-state index in [0.717, 1.165) is 16.2 Å². The Balaban J connectivity index is 1.51. The van der Waals surface area contributed by atoms with E-state index in [-0.39, 0.29) is 27.8 Å². The van der Waals surface area contributed by atoms with Crippen LogP contribution in [0.5, 0.6) is 0 Å². The Kier molecular flexibility index (Phi) is 5.10. The maximum atomic E-state index is 13.0. The molecule has 0 bridgehead atoms. The third kappa shape index (κ3) is 3.40. The van der Waals surface area contributed by atoms with Crippen molar-refractivity contribution in [2.75, 3.05) is 48.1 Å². The van der Waals surface area contributed by atoms with E-state index >= 15 is 0 Å². The number of carbonyl (C=O) groups excluding carboxylic acids is 1. The van der Waals surface area contributed by atoms with Crippen LogP contribution in [-0.2, 0) is 4.74 Å². The van der Waals surface area contributed by atoms with Gasteiger partial charge in [-0.15, -0.1) is 27.7 Å². The number of nitrogens with two attached hydrogens (primary N) is 2. The molecule has 1 amide bonds. The number of nitrogen functional groups attached to an aromatic ring is 2. The van der Waals surface area contributed by atoms with Gasteiger partial charge in [0.1, 0.15) is 27.2 Å². The van der Waals surface area contributed by atoms with E-state index < -0.39 is 5.91 Å². The van der Waals surface area contributed by atoms with Crippen LogP contribution in [-0.4, -0.2) is 42.5 Å². The largest absolute Gasteiger partial charge is 0.397 e. The number of morpholine rings is 1. The van der Waals surface area contributed by atoms with E-state index in [1.54, 1.807) is 6.20 Å². The number of thiophene rings is 2. The van der Waals surface area contributed by atoms with Gasteiger partial charge in [-0.05, 0) is 11.4 Å². The van der Waals surface area contributed by atoms with E-state index in [0.29, 0.717) is 42.1 Å². The number of amides is 1. The maximum absolute atomic E-state index is 13.0. The number of nitriles is 1. The molecule has 0 spiro atoms. The second kappa shape index (κ2) is 8.08. The molecule has 1 aliphatic rings. The fraction of sp³-hybridized carbons (Fsp3) is 0.211. The topological polar surface area (TPSA) is 160 Å². The second-order valence-electron chi connectivity index (χ2n) is 6.87. The van der Waals surface area contributed by atoms with Gasteiger partial charge in [0, 0.05) is 15.8 Å². The summed E-state index contributed by atoms with van der Waals surface area (Å²) in [7, 11) is 0. The Hall–Kier alpha value is -3.73. The van der Waals surface area contributed by atoms with Gasteiger partial charge in [0.25, 0.3) is 12.1 Å². The van der Waals surface area contributed by atoms with Gasteiger partial charge in [-0.2, -0.15) is 5.26 Å². The Labute approximate surface area is 189 Å². The Morgan fingerprint density at radius 3 is 2.88 bits per heavy atom. The molecule has 1 fully saturated rings. The van der Waals surface area contributed by atoms with Crippen LogP contribution in [0.3, 0.4) is 0 Å². The van der Waals surface area contributed by atoms with Crippen molar-refractivity contribution >= 4 is 56.2 Å². The number of aromatic nitrogens is 3. The molecule has 0 unspecified atom stereocenters. The third-order valence-electron chi connectivity index (χ3n) is 4.96. The molecule has 0 aliphatic carbocycles. The number of rotatable bonds is 4. The van der Waals surface area contributed by atoms with Gasteiger partial charge in [0.2, 0.25) is 5.27 Å². The Bertz CT molecular complexity index is 1350. The molecule has 13 heteroatoms.